The molecule has 4 nitrogen and oxygen atoms in total. The summed E-state index contributed by atoms with van der Waals surface area (Å²) in [5.74, 6) is 0.916. The number of nitrogens with one attached hydrogen (secondary N) is 1. The SMILES string of the molecule is O=C(CN1CSCC1=O)Nc1ccccc1Sc1ccccc1. The van der Waals surface area contributed by atoms with Crippen molar-refractivity contribution >= 4 is 41.0 Å². The van der Waals surface area contributed by atoms with Crippen LogP contribution in [0.2, 0.25) is 0 Å². The van der Waals surface area contributed by atoms with Crippen LogP contribution in [0.5, 0.6) is 0 Å². The number of hydrogen-bond acceptors (Lipinski definition) is 4. The van der Waals surface area contributed by atoms with Gasteiger partial charge < -0.3 is 10.2 Å². The van der Waals surface area contributed by atoms with Crippen LogP contribution >= 0.6 is 23.5 Å². The minimum absolute atomic E-state index is 0.0251. The molecule has 2 aromatic carbocycles. The zero-order chi connectivity index (χ0) is 16.1. The Morgan fingerprint density at radius 3 is 2.61 bits per heavy atom. The molecule has 2 amide bonds. The third-order valence-electron chi connectivity index (χ3n) is 3.29. The quantitative estimate of drug-likeness (QED) is 0.904. The lowest BCUT2D eigenvalue weighted by atomic mass is 10.3. The molecule has 3 rings (SSSR count). The Labute approximate surface area is 143 Å². The first-order valence-corrected chi connectivity index (χ1v) is 9.17. The molecule has 0 aliphatic carbocycles. The van der Waals surface area contributed by atoms with Gasteiger partial charge in [0.1, 0.15) is 6.54 Å². The first-order chi connectivity index (χ1) is 11.2. The largest absolute Gasteiger partial charge is 0.324 e. The van der Waals surface area contributed by atoms with Gasteiger partial charge in [-0.3, -0.25) is 9.59 Å². The monoisotopic (exact) mass is 344 g/mol. The van der Waals surface area contributed by atoms with Crippen molar-refractivity contribution in [1.82, 2.24) is 4.90 Å². The highest BCUT2D eigenvalue weighted by atomic mass is 32.2. The van der Waals surface area contributed by atoms with Crippen molar-refractivity contribution in [2.24, 2.45) is 0 Å². The van der Waals surface area contributed by atoms with Crippen molar-refractivity contribution in [3.05, 3.63) is 54.6 Å². The van der Waals surface area contributed by atoms with Gasteiger partial charge in [0.05, 0.1) is 17.3 Å². The number of thioether (sulfide) groups is 1. The fourth-order valence-corrected chi connectivity index (χ4v) is 4.00. The van der Waals surface area contributed by atoms with Crippen LogP contribution in [-0.4, -0.2) is 34.9 Å². The minimum atomic E-state index is -0.165. The van der Waals surface area contributed by atoms with Crippen molar-refractivity contribution in [2.45, 2.75) is 9.79 Å². The lowest BCUT2D eigenvalue weighted by Gasteiger charge is -2.15. The van der Waals surface area contributed by atoms with Gasteiger partial charge in [-0.2, -0.15) is 0 Å². The average Bonchev–Trinajstić information content (AvgIpc) is 2.95. The van der Waals surface area contributed by atoms with Crippen LogP contribution in [0.1, 0.15) is 0 Å². The van der Waals surface area contributed by atoms with Gasteiger partial charge >= 0.3 is 0 Å². The fourth-order valence-electron chi connectivity index (χ4n) is 2.18. The molecule has 0 aromatic heterocycles. The van der Waals surface area contributed by atoms with Crippen molar-refractivity contribution in [1.29, 1.82) is 0 Å². The molecule has 1 aliphatic rings. The first-order valence-electron chi connectivity index (χ1n) is 7.20. The molecule has 2 aromatic rings. The van der Waals surface area contributed by atoms with Gasteiger partial charge in [-0.15, -0.1) is 11.8 Å². The fraction of sp³-hybridized carbons (Fsp3) is 0.176. The molecule has 0 spiro atoms. The van der Waals surface area contributed by atoms with Crippen LogP contribution in [-0.2, 0) is 9.59 Å². The van der Waals surface area contributed by atoms with Crippen LogP contribution < -0.4 is 5.32 Å². The van der Waals surface area contributed by atoms with Gasteiger partial charge in [0.2, 0.25) is 11.8 Å². The standard InChI is InChI=1S/C17H16N2O2S2/c20-16(10-19-12-22-11-17(19)21)18-14-8-4-5-9-15(14)23-13-6-2-1-3-7-13/h1-9H,10-12H2,(H,18,20). The Morgan fingerprint density at radius 2 is 1.87 bits per heavy atom. The van der Waals surface area contributed by atoms with Crippen LogP contribution in [0.25, 0.3) is 0 Å². The normalized spacial score (nSPS) is 14.1. The molecule has 1 aliphatic heterocycles. The molecule has 1 fully saturated rings. The third-order valence-corrected chi connectivity index (χ3v) is 5.32. The summed E-state index contributed by atoms with van der Waals surface area (Å²) in [5, 5.41) is 2.92. The molecule has 0 unspecified atom stereocenters. The number of para-hydroxylation sites is 1. The third kappa shape index (κ3) is 4.30. The van der Waals surface area contributed by atoms with Gasteiger partial charge in [0.25, 0.3) is 0 Å². The lowest BCUT2D eigenvalue weighted by molar-refractivity contribution is -0.130. The van der Waals surface area contributed by atoms with E-state index >= 15 is 0 Å². The molecular weight excluding hydrogens is 328 g/mol. The van der Waals surface area contributed by atoms with E-state index in [4.69, 9.17) is 0 Å². The molecule has 23 heavy (non-hydrogen) atoms. The Morgan fingerprint density at radius 1 is 1.13 bits per heavy atom. The Hall–Kier alpha value is -1.92. The zero-order valence-electron chi connectivity index (χ0n) is 12.4. The highest BCUT2D eigenvalue weighted by Gasteiger charge is 2.23. The van der Waals surface area contributed by atoms with Crippen LogP contribution in [0.4, 0.5) is 5.69 Å². The molecule has 0 saturated carbocycles. The average molecular weight is 344 g/mol. The van der Waals surface area contributed by atoms with Gasteiger partial charge in [-0.05, 0) is 24.3 Å². The summed E-state index contributed by atoms with van der Waals surface area (Å²) in [6.07, 6.45) is 0. The van der Waals surface area contributed by atoms with E-state index in [9.17, 15) is 9.59 Å². The number of amides is 2. The second-order valence-electron chi connectivity index (χ2n) is 5.03. The van der Waals surface area contributed by atoms with E-state index < -0.39 is 0 Å². The van der Waals surface area contributed by atoms with Gasteiger partial charge in [0.15, 0.2) is 0 Å². The highest BCUT2D eigenvalue weighted by molar-refractivity contribution is 8.00. The first kappa shape index (κ1) is 16.0. The highest BCUT2D eigenvalue weighted by Crippen LogP contribution is 2.33. The van der Waals surface area contributed by atoms with Gasteiger partial charge in [0, 0.05) is 9.79 Å². The van der Waals surface area contributed by atoms with E-state index in [0.717, 1.165) is 15.5 Å². The molecule has 118 valence electrons. The topological polar surface area (TPSA) is 49.4 Å². The maximum absolute atomic E-state index is 12.2. The summed E-state index contributed by atoms with van der Waals surface area (Å²) in [6.45, 7) is 0.107. The molecule has 1 saturated heterocycles. The van der Waals surface area contributed by atoms with E-state index in [2.05, 4.69) is 5.32 Å². The van der Waals surface area contributed by atoms with Crippen LogP contribution in [0, 0.1) is 0 Å². The molecule has 1 N–H and O–H groups in total. The summed E-state index contributed by atoms with van der Waals surface area (Å²) in [5.41, 5.74) is 0.769. The van der Waals surface area contributed by atoms with Gasteiger partial charge in [-0.25, -0.2) is 0 Å². The van der Waals surface area contributed by atoms with Crippen molar-refractivity contribution in [3.8, 4) is 0 Å². The Bertz CT molecular complexity index is 707. The maximum Gasteiger partial charge on any atom is 0.244 e. The molecular formula is C17H16N2O2S2. The lowest BCUT2D eigenvalue weighted by Crippen LogP contribution is -2.34. The summed E-state index contributed by atoms with van der Waals surface area (Å²) >= 11 is 3.14. The van der Waals surface area contributed by atoms with Crippen LogP contribution in [0.3, 0.4) is 0 Å². The number of carbonyl (C=O) groups excluding carboxylic acids is 2. The predicted octanol–water partition coefficient (Wildman–Crippen LogP) is 3.31. The van der Waals surface area contributed by atoms with Gasteiger partial charge in [-0.1, -0.05) is 42.1 Å². The van der Waals surface area contributed by atoms with Crippen LogP contribution in [0.15, 0.2) is 64.4 Å². The van der Waals surface area contributed by atoms with Crippen molar-refractivity contribution in [3.63, 3.8) is 0 Å². The van der Waals surface area contributed by atoms with Crippen molar-refractivity contribution < 1.29 is 9.59 Å². The molecule has 0 bridgehead atoms. The van der Waals surface area contributed by atoms with Crippen molar-refractivity contribution in [2.75, 3.05) is 23.5 Å². The number of anilines is 1. The van der Waals surface area contributed by atoms with E-state index in [1.807, 2.05) is 54.6 Å². The number of rotatable bonds is 5. The molecule has 0 radical (unpaired) electrons. The zero-order valence-corrected chi connectivity index (χ0v) is 14.0. The summed E-state index contributed by atoms with van der Waals surface area (Å²) in [4.78, 5) is 27.5. The van der Waals surface area contributed by atoms with E-state index in [1.165, 1.54) is 11.8 Å². The number of hydrogen-bond donors (Lipinski definition) is 1. The Balaban J connectivity index is 1.68. The summed E-state index contributed by atoms with van der Waals surface area (Å²) < 4.78 is 0. The Kier molecular flexibility index (Phi) is 5.25. The molecule has 0 atom stereocenters. The van der Waals surface area contributed by atoms with E-state index in [1.54, 1.807) is 16.7 Å². The number of benzene rings is 2. The second-order valence-corrected chi connectivity index (χ2v) is 7.10. The molecule has 1 heterocycles. The maximum atomic E-state index is 12.2. The number of nitrogens with zero attached hydrogens (tertiary/aromatic N) is 1. The molecule has 6 heteroatoms. The summed E-state index contributed by atoms with van der Waals surface area (Å²) in [7, 11) is 0. The second kappa shape index (κ2) is 7.57. The smallest absolute Gasteiger partial charge is 0.244 e. The number of carbonyl (C=O) groups is 2. The minimum Gasteiger partial charge on any atom is -0.324 e. The van der Waals surface area contributed by atoms with E-state index in [-0.39, 0.29) is 18.4 Å². The van der Waals surface area contributed by atoms with E-state index in [0.29, 0.717) is 11.6 Å². The summed E-state index contributed by atoms with van der Waals surface area (Å²) in [6, 6.07) is 17.7. The predicted molar refractivity (Wildman–Crippen MR) is 94.7 cm³/mol.